The number of primary sulfonamides is 1. The SMILES string of the molecule is COc1ccc(C2/C(=C(\O)c3ccc(OC)c(Cl)c3)C(=O)C(=O)N2c2ccc(S(N)(=O)=O)cc2)cc1. The number of benzene rings is 3. The van der Waals surface area contributed by atoms with E-state index in [1.54, 1.807) is 24.3 Å². The number of rotatable bonds is 6. The first-order chi connectivity index (χ1) is 17.1. The van der Waals surface area contributed by atoms with Crippen LogP contribution in [0.2, 0.25) is 5.02 Å². The second-order valence-electron chi connectivity index (χ2n) is 7.83. The molecule has 3 aromatic rings. The van der Waals surface area contributed by atoms with Crippen LogP contribution in [0.25, 0.3) is 5.76 Å². The van der Waals surface area contributed by atoms with E-state index >= 15 is 0 Å². The van der Waals surface area contributed by atoms with E-state index in [4.69, 9.17) is 26.2 Å². The monoisotopic (exact) mass is 528 g/mol. The molecule has 0 saturated carbocycles. The maximum absolute atomic E-state index is 13.2. The summed E-state index contributed by atoms with van der Waals surface area (Å²) in [7, 11) is -1.02. The molecule has 9 nitrogen and oxygen atoms in total. The number of Topliss-reactive ketones (excluding diaryl/α,β-unsaturated/α-hetero) is 1. The number of aliphatic hydroxyl groups is 1. The number of amides is 1. The highest BCUT2D eigenvalue weighted by Crippen LogP contribution is 2.43. The van der Waals surface area contributed by atoms with Crippen molar-refractivity contribution in [2.75, 3.05) is 19.1 Å². The Balaban J connectivity index is 1.91. The lowest BCUT2D eigenvalue weighted by Gasteiger charge is -2.25. The highest BCUT2D eigenvalue weighted by atomic mass is 35.5. The second-order valence-corrected chi connectivity index (χ2v) is 9.80. The molecule has 1 fully saturated rings. The Bertz CT molecular complexity index is 1480. The first kappa shape index (κ1) is 25.2. The van der Waals surface area contributed by atoms with Crippen molar-refractivity contribution in [3.8, 4) is 11.5 Å². The fourth-order valence-corrected chi connectivity index (χ4v) is 4.74. The van der Waals surface area contributed by atoms with Gasteiger partial charge >= 0.3 is 0 Å². The van der Waals surface area contributed by atoms with Gasteiger partial charge in [-0.15, -0.1) is 0 Å². The number of nitrogens with zero attached hydrogens (tertiary/aromatic N) is 1. The first-order valence-electron chi connectivity index (χ1n) is 10.5. The Morgan fingerprint density at radius 3 is 2.14 bits per heavy atom. The van der Waals surface area contributed by atoms with E-state index in [0.29, 0.717) is 17.1 Å². The van der Waals surface area contributed by atoms with Gasteiger partial charge in [0.15, 0.2) is 0 Å². The van der Waals surface area contributed by atoms with Crippen LogP contribution in [0.1, 0.15) is 17.2 Å². The zero-order chi connectivity index (χ0) is 26.2. The lowest BCUT2D eigenvalue weighted by Crippen LogP contribution is -2.29. The maximum Gasteiger partial charge on any atom is 0.300 e. The molecule has 1 atom stereocenters. The lowest BCUT2D eigenvalue weighted by molar-refractivity contribution is -0.132. The molecule has 11 heteroatoms. The molecule has 0 aromatic heterocycles. The summed E-state index contributed by atoms with van der Waals surface area (Å²) < 4.78 is 33.7. The third-order valence-electron chi connectivity index (χ3n) is 5.74. The van der Waals surface area contributed by atoms with Crippen LogP contribution in [0.3, 0.4) is 0 Å². The van der Waals surface area contributed by atoms with Gasteiger partial charge in [0.1, 0.15) is 17.3 Å². The Morgan fingerprint density at radius 1 is 0.972 bits per heavy atom. The van der Waals surface area contributed by atoms with E-state index in [2.05, 4.69) is 0 Å². The van der Waals surface area contributed by atoms with Gasteiger partial charge in [-0.1, -0.05) is 23.7 Å². The van der Waals surface area contributed by atoms with E-state index in [-0.39, 0.29) is 26.7 Å². The van der Waals surface area contributed by atoms with E-state index < -0.39 is 33.5 Å². The number of sulfonamides is 1. The summed E-state index contributed by atoms with van der Waals surface area (Å²) in [6.45, 7) is 0. The van der Waals surface area contributed by atoms with Crippen LogP contribution >= 0.6 is 11.6 Å². The predicted molar refractivity (Wildman–Crippen MR) is 134 cm³/mol. The van der Waals surface area contributed by atoms with Crippen molar-refractivity contribution in [2.24, 2.45) is 5.14 Å². The smallest absolute Gasteiger partial charge is 0.300 e. The molecule has 0 bridgehead atoms. The topological polar surface area (TPSA) is 136 Å². The summed E-state index contributed by atoms with van der Waals surface area (Å²) in [6, 6.07) is 15.3. The number of ketones is 1. The number of hydrogen-bond donors (Lipinski definition) is 2. The van der Waals surface area contributed by atoms with E-state index in [9.17, 15) is 23.1 Å². The van der Waals surface area contributed by atoms with Crippen molar-refractivity contribution in [3.05, 3.63) is 88.5 Å². The summed E-state index contributed by atoms with van der Waals surface area (Å²) in [6.07, 6.45) is 0. The van der Waals surface area contributed by atoms with E-state index in [1.165, 1.54) is 61.6 Å². The van der Waals surface area contributed by atoms with E-state index in [0.717, 1.165) is 0 Å². The fourth-order valence-electron chi connectivity index (χ4n) is 3.97. The first-order valence-corrected chi connectivity index (χ1v) is 12.4. The largest absolute Gasteiger partial charge is 0.507 e. The molecule has 1 heterocycles. The Kier molecular flexibility index (Phi) is 6.77. The van der Waals surface area contributed by atoms with Crippen molar-refractivity contribution in [3.63, 3.8) is 0 Å². The van der Waals surface area contributed by atoms with Gasteiger partial charge in [0.05, 0.1) is 35.8 Å². The number of halogens is 1. The third kappa shape index (κ3) is 4.53. The summed E-state index contributed by atoms with van der Waals surface area (Å²) in [5, 5.41) is 16.6. The molecule has 36 heavy (non-hydrogen) atoms. The molecular formula is C25H21ClN2O7S. The molecule has 1 saturated heterocycles. The van der Waals surface area contributed by atoms with Gasteiger partial charge in [-0.05, 0) is 60.2 Å². The molecule has 0 radical (unpaired) electrons. The van der Waals surface area contributed by atoms with Gasteiger partial charge in [-0.3, -0.25) is 14.5 Å². The third-order valence-corrected chi connectivity index (χ3v) is 6.97. The standard InChI is InChI=1S/C25H21ClN2O7S/c1-34-17-8-3-14(4-9-17)22-21(23(29)15-5-12-20(35-2)19(26)13-15)24(30)25(31)28(22)16-6-10-18(11-7-16)36(27,32)33/h3-13,22,29H,1-2H3,(H2,27,32,33)/b23-21+. The molecule has 4 rings (SSSR count). The number of carbonyl (C=O) groups excluding carboxylic acids is 2. The Hall–Kier alpha value is -3.86. The molecule has 3 aromatic carbocycles. The number of aliphatic hydroxyl groups excluding tert-OH is 1. The lowest BCUT2D eigenvalue weighted by atomic mass is 9.95. The summed E-state index contributed by atoms with van der Waals surface area (Å²) in [5.74, 6) is -1.33. The van der Waals surface area contributed by atoms with Gasteiger partial charge in [0.25, 0.3) is 11.7 Å². The van der Waals surface area contributed by atoms with Crippen LogP contribution in [0.4, 0.5) is 5.69 Å². The van der Waals surface area contributed by atoms with Gasteiger partial charge < -0.3 is 14.6 Å². The van der Waals surface area contributed by atoms with Crippen LogP contribution in [0, 0.1) is 0 Å². The molecule has 1 aliphatic rings. The van der Waals surface area contributed by atoms with Crippen molar-refractivity contribution in [2.45, 2.75) is 10.9 Å². The van der Waals surface area contributed by atoms with Gasteiger partial charge in [0, 0.05) is 11.3 Å². The second kappa shape index (κ2) is 9.65. The minimum Gasteiger partial charge on any atom is -0.507 e. The van der Waals surface area contributed by atoms with Crippen molar-refractivity contribution >= 4 is 44.8 Å². The minimum atomic E-state index is -3.97. The zero-order valence-electron chi connectivity index (χ0n) is 19.1. The van der Waals surface area contributed by atoms with Crippen molar-refractivity contribution in [1.82, 2.24) is 0 Å². The number of nitrogens with two attached hydrogens (primary N) is 1. The number of anilines is 1. The van der Waals surface area contributed by atoms with Gasteiger partial charge in [0.2, 0.25) is 10.0 Å². The summed E-state index contributed by atoms with van der Waals surface area (Å²) >= 11 is 6.21. The molecule has 1 amide bonds. The van der Waals surface area contributed by atoms with Crippen LogP contribution in [-0.2, 0) is 19.6 Å². The summed E-state index contributed by atoms with van der Waals surface area (Å²) in [5.41, 5.74) is 0.785. The molecular weight excluding hydrogens is 508 g/mol. The minimum absolute atomic E-state index is 0.156. The Morgan fingerprint density at radius 2 is 1.61 bits per heavy atom. The molecule has 1 unspecified atom stereocenters. The van der Waals surface area contributed by atoms with E-state index in [1.807, 2.05) is 0 Å². The van der Waals surface area contributed by atoms with Crippen molar-refractivity contribution < 1.29 is 32.6 Å². The van der Waals surface area contributed by atoms with Crippen LogP contribution in [-0.4, -0.2) is 39.4 Å². The van der Waals surface area contributed by atoms with Gasteiger partial charge in [-0.2, -0.15) is 0 Å². The predicted octanol–water partition coefficient (Wildman–Crippen LogP) is 3.63. The quantitative estimate of drug-likeness (QED) is 0.283. The molecule has 186 valence electrons. The fraction of sp³-hybridized carbons (Fsp3) is 0.120. The molecule has 1 aliphatic heterocycles. The molecule has 3 N–H and O–H groups in total. The number of carbonyl (C=O) groups is 2. The zero-order valence-corrected chi connectivity index (χ0v) is 20.7. The summed E-state index contributed by atoms with van der Waals surface area (Å²) in [4.78, 5) is 27.5. The number of ether oxygens (including phenoxy) is 2. The average Bonchev–Trinajstić information content (AvgIpc) is 3.13. The average molecular weight is 529 g/mol. The Labute approximate surface area is 212 Å². The number of hydrogen-bond acceptors (Lipinski definition) is 7. The van der Waals surface area contributed by atoms with Gasteiger partial charge in [-0.25, -0.2) is 13.6 Å². The highest BCUT2D eigenvalue weighted by Gasteiger charge is 2.47. The molecule has 0 aliphatic carbocycles. The normalized spacial score (nSPS) is 17.3. The van der Waals surface area contributed by atoms with Crippen LogP contribution in [0.5, 0.6) is 11.5 Å². The van der Waals surface area contributed by atoms with Crippen molar-refractivity contribution in [1.29, 1.82) is 0 Å². The molecule has 0 spiro atoms. The number of methoxy groups -OCH3 is 2. The maximum atomic E-state index is 13.2. The van der Waals surface area contributed by atoms with Crippen LogP contribution in [0.15, 0.2) is 77.2 Å². The highest BCUT2D eigenvalue weighted by molar-refractivity contribution is 7.89. The van der Waals surface area contributed by atoms with Crippen LogP contribution < -0.4 is 19.5 Å².